The van der Waals surface area contributed by atoms with Gasteiger partial charge in [-0.15, -0.1) is 0 Å². The lowest BCUT2D eigenvalue weighted by molar-refractivity contribution is -0.116. The number of carbonyl (C=O) groups is 1. The van der Waals surface area contributed by atoms with Gasteiger partial charge in [0.1, 0.15) is 11.9 Å². The van der Waals surface area contributed by atoms with Gasteiger partial charge in [-0.1, -0.05) is 32.0 Å². The van der Waals surface area contributed by atoms with E-state index >= 15 is 0 Å². The van der Waals surface area contributed by atoms with Gasteiger partial charge in [0.2, 0.25) is 5.91 Å². The number of amides is 1. The van der Waals surface area contributed by atoms with Crippen LogP contribution in [0.2, 0.25) is 0 Å². The van der Waals surface area contributed by atoms with Crippen molar-refractivity contribution in [1.29, 1.82) is 0 Å². The van der Waals surface area contributed by atoms with Gasteiger partial charge in [-0.2, -0.15) is 0 Å². The third-order valence-corrected chi connectivity index (χ3v) is 7.64. The number of pyridine rings is 1. The van der Waals surface area contributed by atoms with Gasteiger partial charge in [-0.3, -0.25) is 9.78 Å². The summed E-state index contributed by atoms with van der Waals surface area (Å²) >= 11 is 0. The van der Waals surface area contributed by atoms with Crippen LogP contribution in [-0.2, 0) is 4.79 Å². The van der Waals surface area contributed by atoms with Gasteiger partial charge in [0.05, 0.1) is 29.0 Å². The van der Waals surface area contributed by atoms with E-state index in [1.54, 1.807) is 0 Å². The number of aliphatic hydroxyl groups is 1. The number of aromatic amines is 1. The van der Waals surface area contributed by atoms with Crippen LogP contribution >= 0.6 is 0 Å². The van der Waals surface area contributed by atoms with E-state index in [-0.39, 0.29) is 18.1 Å². The average Bonchev–Trinajstić information content (AvgIpc) is 3.52. The molecule has 1 aliphatic heterocycles. The Bertz CT molecular complexity index is 1470. The van der Waals surface area contributed by atoms with E-state index in [1.807, 2.05) is 44.4 Å². The van der Waals surface area contributed by atoms with Crippen molar-refractivity contribution >= 4 is 28.3 Å². The number of hydrogen-bond acceptors (Lipinski definition) is 6. The van der Waals surface area contributed by atoms with E-state index in [0.717, 1.165) is 76.2 Å². The highest BCUT2D eigenvalue weighted by Gasteiger charge is 2.29. The molecule has 38 heavy (non-hydrogen) atoms. The molecule has 8 nitrogen and oxygen atoms in total. The van der Waals surface area contributed by atoms with Crippen molar-refractivity contribution in [3.63, 3.8) is 0 Å². The molecule has 6 rings (SSSR count). The van der Waals surface area contributed by atoms with Gasteiger partial charge in [-0.25, -0.2) is 10.4 Å². The number of rotatable bonds is 6. The predicted molar refractivity (Wildman–Crippen MR) is 150 cm³/mol. The first-order chi connectivity index (χ1) is 18.4. The zero-order valence-corrected chi connectivity index (χ0v) is 21.8. The first kappa shape index (κ1) is 24.6. The molecular weight excluding hydrogens is 476 g/mol. The Labute approximate surface area is 222 Å². The molecule has 0 saturated heterocycles. The summed E-state index contributed by atoms with van der Waals surface area (Å²) in [5.41, 5.74) is 14.8. The summed E-state index contributed by atoms with van der Waals surface area (Å²) in [7, 11) is 0. The maximum atomic E-state index is 12.3. The summed E-state index contributed by atoms with van der Waals surface area (Å²) in [6, 6.07) is 14.2. The molecular formula is C30H34N6O2. The van der Waals surface area contributed by atoms with Crippen LogP contribution < -0.4 is 16.2 Å². The highest BCUT2D eigenvalue weighted by atomic mass is 16.3. The van der Waals surface area contributed by atoms with Crippen LogP contribution in [0.3, 0.4) is 0 Å². The standard InChI is InChI=1S/C30H34N6O2/c1-17(2)12-27(38)32-21-5-3-4-19(13-21)20-8-11-25-23(14-20)29(36-35-25)30-33-26-16-31-15-24(28(26)34-30)18-6-9-22(37)10-7-18/h3-5,8,11,13-18,22,29,35-37H,6-7,9-10,12H2,1-2H3,(H,32,38)(H,33,34). The molecule has 3 heterocycles. The number of nitrogens with zero attached hydrogens (tertiary/aromatic N) is 2. The fourth-order valence-corrected chi connectivity index (χ4v) is 5.69. The number of aliphatic hydroxyl groups excluding tert-OH is 1. The summed E-state index contributed by atoms with van der Waals surface area (Å²) in [6.07, 6.45) is 7.65. The third-order valence-electron chi connectivity index (χ3n) is 7.64. The predicted octanol–water partition coefficient (Wildman–Crippen LogP) is 5.65. The summed E-state index contributed by atoms with van der Waals surface area (Å²) in [4.78, 5) is 25.3. The smallest absolute Gasteiger partial charge is 0.224 e. The normalized spacial score (nSPS) is 20.9. The molecule has 1 fully saturated rings. The second kappa shape index (κ2) is 10.2. The second-order valence-electron chi connectivity index (χ2n) is 11.0. The highest BCUT2D eigenvalue weighted by Crippen LogP contribution is 2.39. The van der Waals surface area contributed by atoms with Crippen molar-refractivity contribution in [3.05, 3.63) is 71.8 Å². The summed E-state index contributed by atoms with van der Waals surface area (Å²) in [5.74, 6) is 1.55. The lowest BCUT2D eigenvalue weighted by Crippen LogP contribution is -2.20. The SMILES string of the molecule is CC(C)CC(=O)Nc1cccc(-c2ccc3c(c2)C(c2nc4c(C5CCC(O)CC5)cncc4[nH]2)NN3)c1. The van der Waals surface area contributed by atoms with Crippen LogP contribution in [0, 0.1) is 5.92 Å². The maximum Gasteiger partial charge on any atom is 0.224 e. The van der Waals surface area contributed by atoms with Gasteiger partial charge in [0.15, 0.2) is 0 Å². The number of benzene rings is 2. The Balaban J connectivity index is 1.28. The van der Waals surface area contributed by atoms with Crippen molar-refractivity contribution in [3.8, 4) is 11.1 Å². The molecule has 5 N–H and O–H groups in total. The Morgan fingerprint density at radius 3 is 2.68 bits per heavy atom. The molecule has 4 aromatic rings. The Morgan fingerprint density at radius 2 is 1.87 bits per heavy atom. The number of fused-ring (bicyclic) bond motifs is 2. The quantitative estimate of drug-likeness (QED) is 0.229. The molecule has 8 heteroatoms. The van der Waals surface area contributed by atoms with Crippen molar-refractivity contribution in [1.82, 2.24) is 20.4 Å². The van der Waals surface area contributed by atoms with Gasteiger partial charge in [0.25, 0.3) is 0 Å². The van der Waals surface area contributed by atoms with Crippen LogP contribution in [0.1, 0.15) is 74.9 Å². The average molecular weight is 511 g/mol. The zero-order valence-electron chi connectivity index (χ0n) is 21.8. The summed E-state index contributed by atoms with van der Waals surface area (Å²) in [5, 5.41) is 13.0. The molecule has 2 aromatic heterocycles. The number of carbonyl (C=O) groups excluding carboxylic acids is 1. The van der Waals surface area contributed by atoms with Crippen molar-refractivity contribution < 1.29 is 9.90 Å². The van der Waals surface area contributed by atoms with Crippen LogP contribution in [0.4, 0.5) is 11.4 Å². The fourth-order valence-electron chi connectivity index (χ4n) is 5.69. The van der Waals surface area contributed by atoms with E-state index in [4.69, 9.17) is 4.98 Å². The van der Waals surface area contributed by atoms with Crippen LogP contribution in [0.25, 0.3) is 22.2 Å². The van der Waals surface area contributed by atoms with Crippen molar-refractivity contribution in [2.45, 2.75) is 64.0 Å². The molecule has 2 aliphatic rings. The van der Waals surface area contributed by atoms with E-state index in [1.165, 1.54) is 0 Å². The van der Waals surface area contributed by atoms with Crippen molar-refractivity contribution in [2.24, 2.45) is 5.92 Å². The topological polar surface area (TPSA) is 115 Å². The van der Waals surface area contributed by atoms with Gasteiger partial charge >= 0.3 is 0 Å². The Morgan fingerprint density at radius 1 is 1.05 bits per heavy atom. The molecule has 0 spiro atoms. The Kier molecular flexibility index (Phi) is 6.59. The summed E-state index contributed by atoms with van der Waals surface area (Å²) in [6.45, 7) is 4.08. The summed E-state index contributed by atoms with van der Waals surface area (Å²) < 4.78 is 0. The zero-order chi connectivity index (χ0) is 26.2. The number of imidazole rings is 1. The first-order valence-electron chi connectivity index (χ1n) is 13.5. The van der Waals surface area contributed by atoms with E-state index in [2.05, 4.69) is 50.4 Å². The number of aromatic nitrogens is 3. The lowest BCUT2D eigenvalue weighted by Gasteiger charge is -2.25. The molecule has 1 saturated carbocycles. The minimum atomic E-state index is -0.190. The number of anilines is 2. The molecule has 1 unspecified atom stereocenters. The lowest BCUT2D eigenvalue weighted by atomic mass is 9.83. The first-order valence-corrected chi connectivity index (χ1v) is 13.5. The van der Waals surface area contributed by atoms with Crippen molar-refractivity contribution in [2.75, 3.05) is 10.7 Å². The van der Waals surface area contributed by atoms with Crippen LogP contribution in [0.5, 0.6) is 0 Å². The minimum absolute atomic E-state index is 0.0303. The largest absolute Gasteiger partial charge is 0.393 e. The Hall–Kier alpha value is -3.75. The molecule has 1 amide bonds. The van der Waals surface area contributed by atoms with Gasteiger partial charge in [-0.05, 0) is 72.9 Å². The van der Waals surface area contributed by atoms with Crippen LogP contribution in [-0.4, -0.2) is 32.1 Å². The molecule has 2 aromatic carbocycles. The van der Waals surface area contributed by atoms with Gasteiger partial charge < -0.3 is 20.8 Å². The number of hydrazine groups is 1. The van der Waals surface area contributed by atoms with E-state index < -0.39 is 0 Å². The minimum Gasteiger partial charge on any atom is -0.393 e. The maximum absolute atomic E-state index is 12.3. The second-order valence-corrected chi connectivity index (χ2v) is 11.0. The fraction of sp³-hybridized carbons (Fsp3) is 0.367. The third kappa shape index (κ3) is 4.89. The monoisotopic (exact) mass is 510 g/mol. The molecule has 0 bridgehead atoms. The van der Waals surface area contributed by atoms with Crippen LogP contribution in [0.15, 0.2) is 54.9 Å². The number of H-pyrrole nitrogens is 1. The van der Waals surface area contributed by atoms with E-state index in [0.29, 0.717) is 18.3 Å². The molecule has 1 aliphatic carbocycles. The molecule has 1 atom stereocenters. The molecule has 196 valence electrons. The molecule has 0 radical (unpaired) electrons. The number of hydrogen-bond donors (Lipinski definition) is 5. The van der Waals surface area contributed by atoms with E-state index in [9.17, 15) is 9.90 Å². The number of nitrogens with one attached hydrogen (secondary N) is 4. The van der Waals surface area contributed by atoms with Gasteiger partial charge in [0, 0.05) is 29.4 Å². The highest BCUT2D eigenvalue weighted by molar-refractivity contribution is 5.91.